The Morgan fingerprint density at radius 1 is 1.43 bits per heavy atom. The van der Waals surface area contributed by atoms with Crippen LogP contribution in [0.5, 0.6) is 0 Å². The molecule has 1 atom stereocenters. The SMILES string of the molecule is C[C@@H](N)C(=O)OCc1ccccc1.Cl. The van der Waals surface area contributed by atoms with Crippen LogP contribution in [0.2, 0.25) is 0 Å². The van der Waals surface area contributed by atoms with Crippen molar-refractivity contribution in [3.05, 3.63) is 35.9 Å². The van der Waals surface area contributed by atoms with Gasteiger partial charge in [-0.3, -0.25) is 4.79 Å². The number of benzene rings is 1. The summed E-state index contributed by atoms with van der Waals surface area (Å²) in [6.07, 6.45) is 0. The highest BCUT2D eigenvalue weighted by molar-refractivity contribution is 5.85. The highest BCUT2D eigenvalue weighted by Crippen LogP contribution is 2.00. The second-order valence-electron chi connectivity index (χ2n) is 2.88. The predicted molar refractivity (Wildman–Crippen MR) is 57.1 cm³/mol. The Labute approximate surface area is 89.7 Å². The monoisotopic (exact) mass is 215 g/mol. The molecule has 0 spiro atoms. The van der Waals surface area contributed by atoms with Gasteiger partial charge in [-0.25, -0.2) is 0 Å². The zero-order valence-corrected chi connectivity index (χ0v) is 8.79. The lowest BCUT2D eigenvalue weighted by molar-refractivity contribution is -0.146. The van der Waals surface area contributed by atoms with Gasteiger partial charge in [0.15, 0.2) is 0 Å². The van der Waals surface area contributed by atoms with Crippen molar-refractivity contribution >= 4 is 18.4 Å². The van der Waals surface area contributed by atoms with Crippen molar-refractivity contribution in [3.63, 3.8) is 0 Å². The van der Waals surface area contributed by atoms with E-state index in [4.69, 9.17) is 10.5 Å². The Balaban J connectivity index is 0.00000169. The highest BCUT2D eigenvalue weighted by Gasteiger charge is 2.07. The van der Waals surface area contributed by atoms with Crippen molar-refractivity contribution in [2.45, 2.75) is 19.6 Å². The molecule has 1 aromatic carbocycles. The summed E-state index contributed by atoms with van der Waals surface area (Å²) < 4.78 is 4.93. The molecule has 0 heterocycles. The zero-order chi connectivity index (χ0) is 9.68. The zero-order valence-electron chi connectivity index (χ0n) is 7.97. The summed E-state index contributed by atoms with van der Waals surface area (Å²) in [4.78, 5) is 11.0. The van der Waals surface area contributed by atoms with Crippen molar-refractivity contribution in [2.75, 3.05) is 0 Å². The van der Waals surface area contributed by atoms with Crippen LogP contribution in [0.3, 0.4) is 0 Å². The average molecular weight is 216 g/mol. The molecule has 0 aliphatic rings. The van der Waals surface area contributed by atoms with Crippen LogP contribution in [0.15, 0.2) is 30.3 Å². The molecule has 4 heteroatoms. The van der Waals surface area contributed by atoms with Crippen molar-refractivity contribution in [2.24, 2.45) is 5.73 Å². The van der Waals surface area contributed by atoms with E-state index in [2.05, 4.69) is 0 Å². The smallest absolute Gasteiger partial charge is 0.322 e. The molecule has 2 N–H and O–H groups in total. The van der Waals surface area contributed by atoms with Gasteiger partial charge in [-0.1, -0.05) is 30.3 Å². The molecule has 0 bridgehead atoms. The first kappa shape index (κ1) is 12.9. The van der Waals surface area contributed by atoms with E-state index in [0.717, 1.165) is 5.56 Å². The number of hydrogen-bond acceptors (Lipinski definition) is 3. The molecule has 0 radical (unpaired) electrons. The lowest BCUT2D eigenvalue weighted by Crippen LogP contribution is -2.28. The molecule has 0 unspecified atom stereocenters. The van der Waals surface area contributed by atoms with Gasteiger partial charge in [0, 0.05) is 0 Å². The van der Waals surface area contributed by atoms with Crippen LogP contribution in [0, 0.1) is 0 Å². The molecule has 0 fully saturated rings. The van der Waals surface area contributed by atoms with Crippen LogP contribution in [0.1, 0.15) is 12.5 Å². The molecular formula is C10H14ClNO2. The summed E-state index contributed by atoms with van der Waals surface area (Å²) in [6.45, 7) is 1.90. The van der Waals surface area contributed by atoms with Crippen LogP contribution in [0.25, 0.3) is 0 Å². The second kappa shape index (κ2) is 6.40. The molecule has 1 rings (SSSR count). The van der Waals surface area contributed by atoms with Gasteiger partial charge < -0.3 is 10.5 Å². The van der Waals surface area contributed by atoms with Crippen LogP contribution in [-0.4, -0.2) is 12.0 Å². The molecule has 14 heavy (non-hydrogen) atoms. The van der Waals surface area contributed by atoms with E-state index in [9.17, 15) is 4.79 Å². The third kappa shape index (κ3) is 4.25. The maximum atomic E-state index is 11.0. The standard InChI is InChI=1S/C10H13NO2.ClH/c1-8(11)10(12)13-7-9-5-3-2-4-6-9;/h2-6,8H,7,11H2,1H3;1H/t8-;/m1./s1. The molecule has 3 nitrogen and oxygen atoms in total. The first-order valence-corrected chi connectivity index (χ1v) is 4.16. The summed E-state index contributed by atoms with van der Waals surface area (Å²) >= 11 is 0. The Bertz CT molecular complexity index is 275. The predicted octanol–water partition coefficient (Wildman–Crippen LogP) is 1.50. The van der Waals surface area contributed by atoms with Gasteiger partial charge in [0.1, 0.15) is 12.6 Å². The van der Waals surface area contributed by atoms with Gasteiger partial charge in [0.05, 0.1) is 0 Å². The molecule has 0 saturated heterocycles. The summed E-state index contributed by atoms with van der Waals surface area (Å²) in [5.74, 6) is -0.371. The van der Waals surface area contributed by atoms with E-state index >= 15 is 0 Å². The fourth-order valence-electron chi connectivity index (χ4n) is 0.860. The number of hydrogen-bond donors (Lipinski definition) is 1. The van der Waals surface area contributed by atoms with Crippen LogP contribution >= 0.6 is 12.4 Å². The molecule has 0 saturated carbocycles. The molecule has 0 aliphatic heterocycles. The van der Waals surface area contributed by atoms with Gasteiger partial charge in [0.25, 0.3) is 0 Å². The number of carbonyl (C=O) groups excluding carboxylic acids is 1. The molecule has 0 amide bonds. The van der Waals surface area contributed by atoms with Crippen LogP contribution in [-0.2, 0) is 16.1 Å². The van der Waals surface area contributed by atoms with Crippen LogP contribution in [0.4, 0.5) is 0 Å². The van der Waals surface area contributed by atoms with Gasteiger partial charge in [-0.15, -0.1) is 12.4 Å². The molecule has 0 aliphatic carbocycles. The number of nitrogens with two attached hydrogens (primary N) is 1. The van der Waals surface area contributed by atoms with E-state index in [1.165, 1.54) is 0 Å². The number of halogens is 1. The molecule has 1 aromatic rings. The van der Waals surface area contributed by atoms with E-state index in [0.29, 0.717) is 6.61 Å². The second-order valence-corrected chi connectivity index (χ2v) is 2.88. The summed E-state index contributed by atoms with van der Waals surface area (Å²) in [7, 11) is 0. The van der Waals surface area contributed by atoms with E-state index in [-0.39, 0.29) is 18.4 Å². The fourth-order valence-corrected chi connectivity index (χ4v) is 0.860. The minimum Gasteiger partial charge on any atom is -0.460 e. The first-order valence-electron chi connectivity index (χ1n) is 4.16. The maximum Gasteiger partial charge on any atom is 0.322 e. The number of rotatable bonds is 3. The van der Waals surface area contributed by atoms with Crippen molar-refractivity contribution in [1.29, 1.82) is 0 Å². The minimum absolute atomic E-state index is 0. The van der Waals surface area contributed by atoms with Gasteiger partial charge in [-0.2, -0.15) is 0 Å². The number of esters is 1. The third-order valence-corrected chi connectivity index (χ3v) is 1.60. The van der Waals surface area contributed by atoms with Crippen molar-refractivity contribution in [3.8, 4) is 0 Å². The largest absolute Gasteiger partial charge is 0.460 e. The van der Waals surface area contributed by atoms with Gasteiger partial charge in [-0.05, 0) is 12.5 Å². The Hall–Kier alpha value is -1.06. The topological polar surface area (TPSA) is 52.3 Å². The third-order valence-electron chi connectivity index (χ3n) is 1.60. The molecule has 0 aromatic heterocycles. The first-order chi connectivity index (χ1) is 6.20. The maximum absolute atomic E-state index is 11.0. The molecule has 78 valence electrons. The number of ether oxygens (including phenoxy) is 1. The van der Waals surface area contributed by atoms with Gasteiger partial charge >= 0.3 is 5.97 Å². The van der Waals surface area contributed by atoms with Crippen molar-refractivity contribution < 1.29 is 9.53 Å². The Morgan fingerprint density at radius 2 is 2.00 bits per heavy atom. The van der Waals surface area contributed by atoms with Gasteiger partial charge in [0.2, 0.25) is 0 Å². The normalized spacial score (nSPS) is 11.3. The quantitative estimate of drug-likeness (QED) is 0.778. The summed E-state index contributed by atoms with van der Waals surface area (Å²) in [5, 5.41) is 0. The number of carbonyl (C=O) groups is 1. The summed E-state index contributed by atoms with van der Waals surface area (Å²) in [5.41, 5.74) is 6.29. The Morgan fingerprint density at radius 3 is 2.50 bits per heavy atom. The van der Waals surface area contributed by atoms with E-state index in [1.807, 2.05) is 30.3 Å². The Kier molecular flexibility index (Phi) is 5.92. The summed E-state index contributed by atoms with van der Waals surface area (Å²) in [6, 6.07) is 8.95. The minimum atomic E-state index is -0.552. The van der Waals surface area contributed by atoms with Crippen molar-refractivity contribution in [1.82, 2.24) is 0 Å². The fraction of sp³-hybridized carbons (Fsp3) is 0.300. The highest BCUT2D eigenvalue weighted by atomic mass is 35.5. The lowest BCUT2D eigenvalue weighted by atomic mass is 10.2. The van der Waals surface area contributed by atoms with Crippen LogP contribution < -0.4 is 5.73 Å². The van der Waals surface area contributed by atoms with E-state index < -0.39 is 6.04 Å². The lowest BCUT2D eigenvalue weighted by Gasteiger charge is -2.06. The molecular weight excluding hydrogens is 202 g/mol. The average Bonchev–Trinajstić information content (AvgIpc) is 2.15. The van der Waals surface area contributed by atoms with E-state index in [1.54, 1.807) is 6.92 Å².